The van der Waals surface area contributed by atoms with Crippen molar-refractivity contribution >= 4 is 0 Å². The Bertz CT molecular complexity index is 871. The van der Waals surface area contributed by atoms with Gasteiger partial charge in [0, 0.05) is 25.0 Å². The maximum Gasteiger partial charge on any atom is 0.0915 e. The van der Waals surface area contributed by atoms with E-state index in [9.17, 15) is 0 Å². The van der Waals surface area contributed by atoms with Gasteiger partial charge in [0.15, 0.2) is 0 Å². The van der Waals surface area contributed by atoms with Crippen LogP contribution < -0.4 is 0 Å². The summed E-state index contributed by atoms with van der Waals surface area (Å²) in [4.78, 5) is 9.52. The summed E-state index contributed by atoms with van der Waals surface area (Å²) in [6.45, 7) is 4.77. The van der Waals surface area contributed by atoms with Crippen LogP contribution in [-0.4, -0.2) is 47.8 Å². The molecular weight excluding hydrogens is 392 g/mol. The molecule has 3 nitrogen and oxygen atoms in total. The summed E-state index contributed by atoms with van der Waals surface area (Å²) in [6.07, 6.45) is 10.4. The molecule has 0 N–H and O–H groups in total. The smallest absolute Gasteiger partial charge is 0.0915 e. The molecule has 1 saturated carbocycles. The predicted molar refractivity (Wildman–Crippen MR) is 130 cm³/mol. The number of hydrogen-bond donors (Lipinski definition) is 0. The van der Waals surface area contributed by atoms with Crippen molar-refractivity contribution in [1.82, 2.24) is 9.96 Å². The molecule has 170 valence electrons. The van der Waals surface area contributed by atoms with Gasteiger partial charge in [0.2, 0.25) is 0 Å². The molecule has 32 heavy (non-hydrogen) atoms. The van der Waals surface area contributed by atoms with Crippen molar-refractivity contribution in [3.63, 3.8) is 0 Å². The van der Waals surface area contributed by atoms with Gasteiger partial charge >= 0.3 is 0 Å². The number of piperidine rings is 1. The lowest BCUT2D eigenvalue weighted by molar-refractivity contribution is -0.206. The van der Waals surface area contributed by atoms with E-state index in [1.54, 1.807) is 0 Å². The van der Waals surface area contributed by atoms with E-state index in [4.69, 9.17) is 4.84 Å². The van der Waals surface area contributed by atoms with Crippen LogP contribution in [0.4, 0.5) is 0 Å². The molecule has 3 heteroatoms. The first-order valence-corrected chi connectivity index (χ1v) is 13.1. The van der Waals surface area contributed by atoms with Gasteiger partial charge in [-0.25, -0.2) is 0 Å². The van der Waals surface area contributed by atoms with E-state index in [0.717, 1.165) is 12.5 Å². The number of nitrogens with zero attached hydrogens (tertiary/aromatic N) is 2. The second-order valence-electron chi connectivity index (χ2n) is 10.9. The van der Waals surface area contributed by atoms with Gasteiger partial charge in [-0.15, -0.1) is 0 Å². The van der Waals surface area contributed by atoms with Crippen molar-refractivity contribution in [2.45, 2.75) is 74.8 Å². The third-order valence-corrected chi connectivity index (χ3v) is 8.90. The van der Waals surface area contributed by atoms with Crippen LogP contribution in [-0.2, 0) is 4.84 Å². The Balaban J connectivity index is 1.15. The minimum absolute atomic E-state index is 0.148. The average molecular weight is 431 g/mol. The molecule has 3 aliphatic heterocycles. The summed E-state index contributed by atoms with van der Waals surface area (Å²) >= 11 is 0. The monoisotopic (exact) mass is 430 g/mol. The van der Waals surface area contributed by atoms with Crippen molar-refractivity contribution in [3.05, 3.63) is 71.8 Å². The van der Waals surface area contributed by atoms with Crippen molar-refractivity contribution in [1.29, 1.82) is 0 Å². The lowest BCUT2D eigenvalue weighted by atomic mass is 9.75. The highest BCUT2D eigenvalue weighted by Crippen LogP contribution is 2.51. The van der Waals surface area contributed by atoms with Crippen molar-refractivity contribution < 1.29 is 4.84 Å². The summed E-state index contributed by atoms with van der Waals surface area (Å²) in [6, 6.07) is 23.1. The molecule has 3 saturated heterocycles. The molecular formula is C29H38N2O. The highest BCUT2D eigenvalue weighted by Gasteiger charge is 2.54. The van der Waals surface area contributed by atoms with Crippen LogP contribution in [0.25, 0.3) is 0 Å². The molecule has 1 spiro atoms. The molecule has 0 amide bonds. The molecule has 4 aliphatic rings. The van der Waals surface area contributed by atoms with E-state index < -0.39 is 0 Å². The predicted octanol–water partition coefficient (Wildman–Crippen LogP) is 5.99. The van der Waals surface area contributed by atoms with Gasteiger partial charge in [-0.2, -0.15) is 5.06 Å². The Kier molecular flexibility index (Phi) is 5.83. The lowest BCUT2D eigenvalue weighted by Crippen LogP contribution is -2.40. The summed E-state index contributed by atoms with van der Waals surface area (Å²) in [5.74, 6) is 2.00. The first kappa shape index (κ1) is 20.9. The maximum absolute atomic E-state index is 6.77. The largest absolute Gasteiger partial charge is 0.303 e. The Labute approximate surface area is 193 Å². The molecule has 0 aromatic heterocycles. The van der Waals surface area contributed by atoms with E-state index in [2.05, 4.69) is 70.6 Å². The topological polar surface area (TPSA) is 15.7 Å². The van der Waals surface area contributed by atoms with Gasteiger partial charge in [-0.3, -0.25) is 4.84 Å². The molecule has 3 heterocycles. The normalized spacial score (nSPS) is 31.2. The SMILES string of the molecule is c1ccc(C2CCN(CC3CN4OC5(CCCCC5)C[C@H]4[C@@H]3c3ccccc3)CC2)cc1. The molecule has 0 radical (unpaired) electrons. The van der Waals surface area contributed by atoms with E-state index in [1.165, 1.54) is 82.1 Å². The average Bonchev–Trinajstić information content (AvgIpc) is 3.34. The number of benzene rings is 2. The van der Waals surface area contributed by atoms with Gasteiger partial charge in [0.1, 0.15) is 0 Å². The van der Waals surface area contributed by atoms with Gasteiger partial charge in [0.25, 0.3) is 0 Å². The van der Waals surface area contributed by atoms with Gasteiger partial charge in [0.05, 0.1) is 5.60 Å². The van der Waals surface area contributed by atoms with Crippen molar-refractivity contribution in [2.24, 2.45) is 5.92 Å². The summed E-state index contributed by atoms with van der Waals surface area (Å²) in [5, 5.41) is 2.43. The summed E-state index contributed by atoms with van der Waals surface area (Å²) in [7, 11) is 0. The molecule has 6 rings (SSSR count). The Morgan fingerprint density at radius 1 is 0.812 bits per heavy atom. The lowest BCUT2D eigenvalue weighted by Gasteiger charge is -2.37. The maximum atomic E-state index is 6.77. The number of hydrogen-bond acceptors (Lipinski definition) is 3. The van der Waals surface area contributed by atoms with Crippen LogP contribution in [0.1, 0.15) is 74.3 Å². The second kappa shape index (κ2) is 8.93. The Hall–Kier alpha value is -1.68. The summed E-state index contributed by atoms with van der Waals surface area (Å²) < 4.78 is 0. The standard InChI is InChI=1S/C29H38N2O/c1-4-10-23(11-5-1)24-14-18-30(19-15-24)21-26-22-31-27(28(26)25-12-6-2-7-13-25)20-29(32-31)16-8-3-9-17-29/h1-2,4-7,10-13,24,26-28H,3,8-9,14-22H2/t26?,27-,28+/m0/s1. The molecule has 1 unspecified atom stereocenters. The minimum Gasteiger partial charge on any atom is -0.303 e. The second-order valence-corrected chi connectivity index (χ2v) is 10.9. The van der Waals surface area contributed by atoms with Crippen LogP contribution in [0, 0.1) is 5.92 Å². The fourth-order valence-corrected chi connectivity index (χ4v) is 7.31. The zero-order valence-electron chi connectivity index (χ0n) is 19.4. The minimum atomic E-state index is 0.148. The van der Waals surface area contributed by atoms with Crippen LogP contribution in [0.2, 0.25) is 0 Å². The molecule has 4 fully saturated rings. The first-order chi connectivity index (χ1) is 15.8. The zero-order chi connectivity index (χ0) is 21.4. The van der Waals surface area contributed by atoms with E-state index in [1.807, 2.05) is 0 Å². The highest BCUT2D eigenvalue weighted by atomic mass is 16.7. The molecule has 1 aliphatic carbocycles. The Morgan fingerprint density at radius 3 is 2.16 bits per heavy atom. The van der Waals surface area contributed by atoms with Gasteiger partial charge in [-0.1, -0.05) is 79.9 Å². The number of likely N-dealkylation sites (tertiary alicyclic amines) is 1. The fourth-order valence-electron chi connectivity index (χ4n) is 7.31. The number of fused-ring (bicyclic) bond motifs is 1. The molecule has 2 aromatic rings. The third kappa shape index (κ3) is 4.04. The van der Waals surface area contributed by atoms with E-state index in [0.29, 0.717) is 17.9 Å². The van der Waals surface area contributed by atoms with Crippen LogP contribution in [0.5, 0.6) is 0 Å². The molecule has 3 atom stereocenters. The van der Waals surface area contributed by atoms with Crippen LogP contribution in [0.15, 0.2) is 60.7 Å². The first-order valence-electron chi connectivity index (χ1n) is 13.1. The van der Waals surface area contributed by atoms with Crippen LogP contribution in [0.3, 0.4) is 0 Å². The zero-order valence-corrected chi connectivity index (χ0v) is 19.4. The molecule has 2 aromatic carbocycles. The Morgan fingerprint density at radius 2 is 1.47 bits per heavy atom. The van der Waals surface area contributed by atoms with Crippen molar-refractivity contribution in [3.8, 4) is 0 Å². The van der Waals surface area contributed by atoms with Gasteiger partial charge < -0.3 is 4.90 Å². The third-order valence-electron chi connectivity index (χ3n) is 8.90. The summed E-state index contributed by atoms with van der Waals surface area (Å²) in [5.41, 5.74) is 3.21. The highest BCUT2D eigenvalue weighted by molar-refractivity contribution is 5.26. The van der Waals surface area contributed by atoms with Gasteiger partial charge in [-0.05, 0) is 68.2 Å². The fraction of sp³-hybridized carbons (Fsp3) is 0.586. The molecule has 0 bridgehead atoms. The number of rotatable bonds is 4. The number of hydroxylamine groups is 2. The van der Waals surface area contributed by atoms with Crippen molar-refractivity contribution in [2.75, 3.05) is 26.2 Å². The quantitative estimate of drug-likeness (QED) is 0.593. The van der Waals surface area contributed by atoms with E-state index >= 15 is 0 Å². The van der Waals surface area contributed by atoms with E-state index in [-0.39, 0.29) is 5.60 Å². The van der Waals surface area contributed by atoms with Crippen LogP contribution >= 0.6 is 0 Å².